The summed E-state index contributed by atoms with van der Waals surface area (Å²) < 4.78 is 2.19. The summed E-state index contributed by atoms with van der Waals surface area (Å²) in [6.45, 7) is 2.93. The minimum Gasteiger partial charge on any atom is -0.353 e. The lowest BCUT2D eigenvalue weighted by atomic mass is 9.96. The van der Waals surface area contributed by atoms with Gasteiger partial charge in [0.1, 0.15) is 0 Å². The van der Waals surface area contributed by atoms with Gasteiger partial charge in [-0.25, -0.2) is 9.97 Å². The Morgan fingerprint density at radius 1 is 1.32 bits per heavy atom. The molecule has 4 nitrogen and oxygen atoms in total. The maximum Gasteiger partial charge on any atom is 0.203 e. The Morgan fingerprint density at radius 2 is 2.16 bits per heavy atom. The predicted molar refractivity (Wildman–Crippen MR) is 78.7 cm³/mol. The first-order chi connectivity index (χ1) is 9.33. The second kappa shape index (κ2) is 5.74. The molecule has 19 heavy (non-hydrogen) atoms. The average molecular weight is 276 g/mol. The number of imidazole rings is 1. The van der Waals surface area contributed by atoms with Crippen molar-refractivity contribution in [2.75, 3.05) is 5.32 Å². The average Bonchev–Trinajstić information content (AvgIpc) is 3.02. The smallest absolute Gasteiger partial charge is 0.203 e. The molecule has 0 aromatic carbocycles. The van der Waals surface area contributed by atoms with Crippen LogP contribution in [0.2, 0.25) is 0 Å². The normalized spacial score (nSPS) is 16.7. The van der Waals surface area contributed by atoms with Gasteiger partial charge in [0.05, 0.1) is 17.7 Å². The lowest BCUT2D eigenvalue weighted by Crippen LogP contribution is -2.24. The van der Waals surface area contributed by atoms with Crippen LogP contribution in [0.4, 0.5) is 5.95 Å². The van der Waals surface area contributed by atoms with Crippen molar-refractivity contribution in [3.63, 3.8) is 0 Å². The van der Waals surface area contributed by atoms with Crippen LogP contribution in [0, 0.1) is 6.92 Å². The summed E-state index contributed by atoms with van der Waals surface area (Å²) in [5, 5.41) is 3.60. The second-order valence-corrected chi connectivity index (χ2v) is 6.16. The van der Waals surface area contributed by atoms with E-state index in [-0.39, 0.29) is 0 Å². The van der Waals surface area contributed by atoms with Crippen molar-refractivity contribution in [3.8, 4) is 0 Å². The van der Waals surface area contributed by atoms with E-state index in [2.05, 4.69) is 26.8 Å². The van der Waals surface area contributed by atoms with Crippen LogP contribution in [0.25, 0.3) is 0 Å². The van der Waals surface area contributed by atoms with Crippen molar-refractivity contribution in [3.05, 3.63) is 28.5 Å². The predicted octanol–water partition coefficient (Wildman–Crippen LogP) is 3.44. The number of hydrogen-bond donors (Lipinski definition) is 1. The quantitative estimate of drug-likeness (QED) is 0.930. The molecule has 0 saturated heterocycles. The van der Waals surface area contributed by atoms with Crippen LogP contribution in [-0.4, -0.2) is 20.6 Å². The SMILES string of the molecule is Cc1ncsc1Cn1ccnc1NC1CCCCC1. The Balaban J connectivity index is 1.69. The molecule has 0 aliphatic heterocycles. The highest BCUT2D eigenvalue weighted by molar-refractivity contribution is 7.09. The number of hydrogen-bond acceptors (Lipinski definition) is 4. The summed E-state index contributed by atoms with van der Waals surface area (Å²) in [6, 6.07) is 0.595. The minimum atomic E-state index is 0.595. The zero-order valence-electron chi connectivity index (χ0n) is 11.3. The number of thiazole rings is 1. The minimum absolute atomic E-state index is 0.595. The van der Waals surface area contributed by atoms with Gasteiger partial charge in [0.15, 0.2) is 0 Å². The molecule has 3 rings (SSSR count). The van der Waals surface area contributed by atoms with Gasteiger partial charge in [0.2, 0.25) is 5.95 Å². The van der Waals surface area contributed by atoms with Crippen LogP contribution in [0.3, 0.4) is 0 Å². The van der Waals surface area contributed by atoms with Gasteiger partial charge in [-0.15, -0.1) is 11.3 Å². The Hall–Kier alpha value is -1.36. The van der Waals surface area contributed by atoms with Crippen LogP contribution in [0.15, 0.2) is 17.9 Å². The van der Waals surface area contributed by atoms with Crippen molar-refractivity contribution in [2.45, 2.75) is 51.6 Å². The van der Waals surface area contributed by atoms with Crippen molar-refractivity contribution < 1.29 is 0 Å². The van der Waals surface area contributed by atoms with Gasteiger partial charge in [-0.1, -0.05) is 19.3 Å². The zero-order chi connectivity index (χ0) is 13.1. The molecule has 2 aromatic rings. The van der Waals surface area contributed by atoms with Crippen LogP contribution < -0.4 is 5.32 Å². The second-order valence-electron chi connectivity index (χ2n) is 5.22. The first-order valence-electron chi connectivity index (χ1n) is 6.99. The number of aryl methyl sites for hydroxylation is 1. The summed E-state index contributed by atoms with van der Waals surface area (Å²) in [4.78, 5) is 10.1. The van der Waals surface area contributed by atoms with Crippen LogP contribution in [0.5, 0.6) is 0 Å². The molecule has 0 unspecified atom stereocenters. The summed E-state index contributed by atoms with van der Waals surface area (Å²) in [6.07, 6.45) is 10.5. The van der Waals surface area contributed by atoms with E-state index in [4.69, 9.17) is 0 Å². The molecule has 2 aromatic heterocycles. The third kappa shape index (κ3) is 2.97. The molecule has 0 radical (unpaired) electrons. The third-order valence-electron chi connectivity index (χ3n) is 3.81. The largest absolute Gasteiger partial charge is 0.353 e. The van der Waals surface area contributed by atoms with Crippen molar-refractivity contribution in [2.24, 2.45) is 0 Å². The first-order valence-corrected chi connectivity index (χ1v) is 7.87. The molecule has 0 amide bonds. The number of nitrogens with one attached hydrogen (secondary N) is 1. The molecule has 1 fully saturated rings. The number of rotatable bonds is 4. The van der Waals surface area contributed by atoms with Crippen molar-refractivity contribution >= 4 is 17.3 Å². The molecule has 2 heterocycles. The molecule has 1 saturated carbocycles. The summed E-state index contributed by atoms with van der Waals surface area (Å²) in [5.41, 5.74) is 3.04. The number of nitrogens with zero attached hydrogens (tertiary/aromatic N) is 3. The monoisotopic (exact) mass is 276 g/mol. The molecular weight excluding hydrogens is 256 g/mol. The zero-order valence-corrected chi connectivity index (χ0v) is 12.1. The Morgan fingerprint density at radius 3 is 2.89 bits per heavy atom. The standard InChI is InChI=1S/C14H20N4S/c1-11-13(19-10-16-11)9-18-8-7-15-14(18)17-12-5-3-2-4-6-12/h7-8,10,12H,2-6,9H2,1H3,(H,15,17). The molecule has 1 N–H and O–H groups in total. The van der Waals surface area contributed by atoms with Gasteiger partial charge < -0.3 is 9.88 Å². The van der Waals surface area contributed by atoms with Gasteiger partial charge in [-0.2, -0.15) is 0 Å². The van der Waals surface area contributed by atoms with E-state index in [1.165, 1.54) is 37.0 Å². The molecule has 0 spiro atoms. The van der Waals surface area contributed by atoms with Crippen LogP contribution in [-0.2, 0) is 6.54 Å². The molecule has 1 aliphatic rings. The molecule has 0 bridgehead atoms. The first kappa shape index (κ1) is 12.7. The van der Waals surface area contributed by atoms with E-state index >= 15 is 0 Å². The van der Waals surface area contributed by atoms with Gasteiger partial charge in [0, 0.05) is 23.3 Å². The van der Waals surface area contributed by atoms with Gasteiger partial charge >= 0.3 is 0 Å². The topological polar surface area (TPSA) is 42.7 Å². The van der Waals surface area contributed by atoms with Crippen LogP contribution in [0.1, 0.15) is 42.7 Å². The fourth-order valence-electron chi connectivity index (χ4n) is 2.64. The van der Waals surface area contributed by atoms with Crippen molar-refractivity contribution in [1.29, 1.82) is 0 Å². The Labute approximate surface area is 117 Å². The molecule has 0 atom stereocenters. The van der Waals surface area contributed by atoms with Crippen LogP contribution >= 0.6 is 11.3 Å². The molecule has 1 aliphatic carbocycles. The highest BCUT2D eigenvalue weighted by Crippen LogP contribution is 2.22. The van der Waals surface area contributed by atoms with E-state index < -0.39 is 0 Å². The fourth-order valence-corrected chi connectivity index (χ4v) is 3.41. The van der Waals surface area contributed by atoms with Gasteiger partial charge in [-0.05, 0) is 19.8 Å². The van der Waals surface area contributed by atoms with E-state index in [9.17, 15) is 0 Å². The van der Waals surface area contributed by atoms with Gasteiger partial charge in [-0.3, -0.25) is 0 Å². The Kier molecular flexibility index (Phi) is 3.82. The summed E-state index contributed by atoms with van der Waals surface area (Å²) in [7, 11) is 0. The lowest BCUT2D eigenvalue weighted by Gasteiger charge is -2.23. The lowest BCUT2D eigenvalue weighted by molar-refractivity contribution is 0.459. The number of aromatic nitrogens is 3. The number of anilines is 1. The van der Waals surface area contributed by atoms with E-state index in [1.807, 2.05) is 17.9 Å². The molecule has 5 heteroatoms. The third-order valence-corrected chi connectivity index (χ3v) is 4.73. The van der Waals surface area contributed by atoms with Gasteiger partial charge in [0.25, 0.3) is 0 Å². The van der Waals surface area contributed by atoms with E-state index in [0.717, 1.165) is 18.2 Å². The highest BCUT2D eigenvalue weighted by Gasteiger charge is 2.15. The van der Waals surface area contributed by atoms with E-state index in [1.54, 1.807) is 11.3 Å². The maximum absolute atomic E-state index is 4.46. The summed E-state index contributed by atoms with van der Waals surface area (Å²) in [5.74, 6) is 1.000. The molecular formula is C14H20N4S. The van der Waals surface area contributed by atoms with E-state index in [0.29, 0.717) is 6.04 Å². The van der Waals surface area contributed by atoms with Crippen molar-refractivity contribution in [1.82, 2.24) is 14.5 Å². The fraction of sp³-hybridized carbons (Fsp3) is 0.571. The highest BCUT2D eigenvalue weighted by atomic mass is 32.1. The summed E-state index contributed by atoms with van der Waals surface area (Å²) >= 11 is 1.72. The Bertz CT molecular complexity index is 525. The maximum atomic E-state index is 4.46. The molecule has 102 valence electrons.